The van der Waals surface area contributed by atoms with E-state index in [1.807, 2.05) is 0 Å². The average molecular weight is 397 g/mol. The van der Waals surface area contributed by atoms with Crippen molar-refractivity contribution in [3.05, 3.63) is 23.0 Å². The van der Waals surface area contributed by atoms with Crippen LogP contribution in [0.1, 0.15) is 24.8 Å². The fourth-order valence-corrected chi connectivity index (χ4v) is 3.23. The van der Waals surface area contributed by atoms with Crippen LogP contribution < -0.4 is 16.4 Å². The number of hydrogen-bond acceptors (Lipinski definition) is 5. The number of carbonyl (C=O) groups excluding carboxylic acids is 2. The van der Waals surface area contributed by atoms with Gasteiger partial charge in [0.1, 0.15) is 10.7 Å². The van der Waals surface area contributed by atoms with E-state index < -0.39 is 22.4 Å². The summed E-state index contributed by atoms with van der Waals surface area (Å²) < 4.78 is 36.2. The van der Waals surface area contributed by atoms with Crippen LogP contribution in [-0.4, -0.2) is 29.0 Å². The van der Waals surface area contributed by atoms with E-state index in [1.165, 1.54) is 0 Å². The molecule has 1 aliphatic heterocycles. The third-order valence-corrected chi connectivity index (χ3v) is 4.64. The van der Waals surface area contributed by atoms with E-state index in [0.717, 1.165) is 18.7 Å². The highest BCUT2D eigenvalue weighted by atomic mass is 35.5. The van der Waals surface area contributed by atoms with Crippen LogP contribution in [0.15, 0.2) is 17.2 Å². The van der Waals surface area contributed by atoms with Gasteiger partial charge in [-0.2, -0.15) is 13.2 Å². The maximum absolute atomic E-state index is 12.1. The molecule has 2 unspecified atom stereocenters. The minimum atomic E-state index is -4.47. The Balaban J connectivity index is 0.000000181. The molecule has 0 radical (unpaired) electrons. The highest BCUT2D eigenvalue weighted by Gasteiger charge is 2.50. The summed E-state index contributed by atoms with van der Waals surface area (Å²) in [6, 6.07) is 0.459. The number of halogens is 4. The number of rotatable bonds is 1. The molecule has 1 aliphatic carbocycles. The summed E-state index contributed by atoms with van der Waals surface area (Å²) in [5, 5.41) is 4.40. The minimum absolute atomic E-state index is 0.131. The molecule has 6 nitrogen and oxygen atoms in total. The van der Waals surface area contributed by atoms with Crippen LogP contribution in [0, 0.1) is 5.92 Å². The zero-order valence-corrected chi connectivity index (χ0v) is 14.5. The largest absolute Gasteiger partial charge is 0.419 e. The summed E-state index contributed by atoms with van der Waals surface area (Å²) in [6.45, 7) is 0.588. The predicted molar refractivity (Wildman–Crippen MR) is 87.3 cm³/mol. The highest BCUT2D eigenvalue weighted by molar-refractivity contribution is 7.80. The van der Waals surface area contributed by atoms with Gasteiger partial charge >= 0.3 is 12.2 Å². The minimum Gasteiger partial charge on any atom is -0.330 e. The first-order chi connectivity index (χ1) is 11.6. The molecule has 11 heteroatoms. The van der Waals surface area contributed by atoms with Gasteiger partial charge in [0.05, 0.1) is 5.56 Å². The van der Waals surface area contributed by atoms with Gasteiger partial charge in [-0.15, -0.1) is 12.6 Å². The van der Waals surface area contributed by atoms with Gasteiger partial charge in [-0.25, -0.2) is 9.78 Å². The summed E-state index contributed by atoms with van der Waals surface area (Å²) in [4.78, 5) is 25.8. The maximum atomic E-state index is 12.1. The number of nitrogens with two attached hydrogens (primary N) is 1. The SMILES string of the molecule is FC(F)(F)c1cc(S)cnc1Cl.NCC1CCC2(C1)NC(=O)NC2=O. The number of pyridine rings is 1. The van der Waals surface area contributed by atoms with Crippen LogP contribution in [0.2, 0.25) is 5.15 Å². The van der Waals surface area contributed by atoms with Crippen molar-refractivity contribution in [1.82, 2.24) is 15.6 Å². The summed E-state index contributed by atoms with van der Waals surface area (Å²) >= 11 is 8.93. The number of nitrogens with one attached hydrogen (secondary N) is 2. The second kappa shape index (κ2) is 7.38. The van der Waals surface area contributed by atoms with Crippen LogP contribution >= 0.6 is 24.2 Å². The lowest BCUT2D eigenvalue weighted by Gasteiger charge is -2.19. The van der Waals surface area contributed by atoms with Gasteiger partial charge in [0.15, 0.2) is 0 Å². The number of carbonyl (C=O) groups is 2. The Labute approximate surface area is 152 Å². The third kappa shape index (κ3) is 4.56. The lowest BCUT2D eigenvalue weighted by Crippen LogP contribution is -2.44. The molecule has 2 heterocycles. The lowest BCUT2D eigenvalue weighted by atomic mass is 9.96. The summed E-state index contributed by atoms with van der Waals surface area (Å²) in [5.74, 6) is 0.178. The van der Waals surface area contributed by atoms with Crippen molar-refractivity contribution in [1.29, 1.82) is 0 Å². The summed E-state index contributed by atoms with van der Waals surface area (Å²) in [7, 11) is 0. The molecule has 1 saturated heterocycles. The first-order valence-corrected chi connectivity index (χ1v) is 8.15. The molecule has 2 fully saturated rings. The summed E-state index contributed by atoms with van der Waals surface area (Å²) in [6.07, 6.45) is -0.999. The van der Waals surface area contributed by atoms with E-state index >= 15 is 0 Å². The van der Waals surface area contributed by atoms with Gasteiger partial charge in [-0.05, 0) is 37.8 Å². The molecule has 4 N–H and O–H groups in total. The molecule has 2 aliphatic rings. The monoisotopic (exact) mass is 396 g/mol. The van der Waals surface area contributed by atoms with Crippen molar-refractivity contribution in [2.75, 3.05) is 6.54 Å². The third-order valence-electron chi connectivity index (χ3n) is 4.09. The number of alkyl halides is 3. The maximum Gasteiger partial charge on any atom is 0.419 e. The zero-order chi connectivity index (χ0) is 18.8. The number of amides is 3. The molecular weight excluding hydrogens is 381 g/mol. The van der Waals surface area contributed by atoms with Crippen molar-refractivity contribution in [2.45, 2.75) is 35.9 Å². The van der Waals surface area contributed by atoms with E-state index in [0.29, 0.717) is 25.3 Å². The van der Waals surface area contributed by atoms with Crippen molar-refractivity contribution in [3.63, 3.8) is 0 Å². The molecule has 2 atom stereocenters. The van der Waals surface area contributed by atoms with E-state index in [1.54, 1.807) is 0 Å². The number of imide groups is 1. The van der Waals surface area contributed by atoms with Gasteiger partial charge in [0, 0.05) is 11.1 Å². The number of urea groups is 1. The Morgan fingerprint density at radius 3 is 2.56 bits per heavy atom. The van der Waals surface area contributed by atoms with Crippen molar-refractivity contribution < 1.29 is 22.8 Å². The molecule has 3 rings (SSSR count). The first-order valence-electron chi connectivity index (χ1n) is 7.33. The zero-order valence-electron chi connectivity index (χ0n) is 12.9. The normalized spacial score (nSPS) is 25.4. The van der Waals surface area contributed by atoms with Crippen LogP contribution in [0.3, 0.4) is 0 Å². The molecule has 25 heavy (non-hydrogen) atoms. The molecular formula is C14H16ClF3N4O2S. The second-order valence-electron chi connectivity index (χ2n) is 5.86. The number of hydrogen-bond donors (Lipinski definition) is 4. The van der Waals surface area contributed by atoms with Crippen molar-refractivity contribution in [2.24, 2.45) is 11.7 Å². The van der Waals surface area contributed by atoms with Gasteiger partial charge in [0.25, 0.3) is 5.91 Å². The van der Waals surface area contributed by atoms with E-state index in [4.69, 9.17) is 17.3 Å². The molecule has 1 spiro atoms. The first kappa shape index (κ1) is 19.8. The standard InChI is InChI=1S/C8H13N3O2.C6H3ClF3NS/c9-4-5-1-2-8(3-5)6(12)10-7(13)11-8;7-5-4(6(8,9)10)1-3(12)2-11-5/h5H,1-4,9H2,(H2,10,11,12,13);1-2,12H. The van der Waals surface area contributed by atoms with Crippen LogP contribution in [0.4, 0.5) is 18.0 Å². The van der Waals surface area contributed by atoms with E-state index in [9.17, 15) is 22.8 Å². The fourth-order valence-electron chi connectivity index (χ4n) is 2.83. The Morgan fingerprint density at radius 2 is 2.12 bits per heavy atom. The Hall–Kier alpha value is -1.52. The van der Waals surface area contributed by atoms with Crippen LogP contribution in [-0.2, 0) is 11.0 Å². The molecule has 1 saturated carbocycles. The average Bonchev–Trinajstić information content (AvgIpc) is 3.05. The molecule has 0 bridgehead atoms. The van der Waals surface area contributed by atoms with E-state index in [-0.39, 0.29) is 16.8 Å². The molecule has 1 aromatic rings. The molecule has 1 aromatic heterocycles. The quantitative estimate of drug-likeness (QED) is 0.333. The fraction of sp³-hybridized carbons (Fsp3) is 0.500. The smallest absolute Gasteiger partial charge is 0.330 e. The second-order valence-corrected chi connectivity index (χ2v) is 6.74. The Kier molecular flexibility index (Phi) is 5.85. The Bertz CT molecular complexity index is 689. The molecule has 3 amide bonds. The lowest BCUT2D eigenvalue weighted by molar-refractivity contribution is -0.137. The van der Waals surface area contributed by atoms with Gasteiger partial charge < -0.3 is 11.1 Å². The van der Waals surface area contributed by atoms with Crippen LogP contribution in [0.25, 0.3) is 0 Å². The Morgan fingerprint density at radius 1 is 1.44 bits per heavy atom. The molecule has 138 valence electrons. The highest BCUT2D eigenvalue weighted by Crippen LogP contribution is 2.36. The van der Waals surface area contributed by atoms with Crippen molar-refractivity contribution >= 4 is 36.2 Å². The van der Waals surface area contributed by atoms with Gasteiger partial charge in [-0.1, -0.05) is 11.6 Å². The van der Waals surface area contributed by atoms with E-state index in [2.05, 4.69) is 28.2 Å². The number of aromatic nitrogens is 1. The van der Waals surface area contributed by atoms with Gasteiger partial charge in [0.2, 0.25) is 0 Å². The van der Waals surface area contributed by atoms with Gasteiger partial charge in [-0.3, -0.25) is 10.1 Å². The predicted octanol–water partition coefficient (Wildman–Crippen LogP) is 2.37. The number of nitrogens with zero attached hydrogens (tertiary/aromatic N) is 1. The van der Waals surface area contributed by atoms with Crippen LogP contribution in [0.5, 0.6) is 0 Å². The molecule has 0 aromatic carbocycles. The number of thiol groups is 1. The van der Waals surface area contributed by atoms with Crippen molar-refractivity contribution in [3.8, 4) is 0 Å². The topological polar surface area (TPSA) is 97.1 Å². The summed E-state index contributed by atoms with van der Waals surface area (Å²) in [5.41, 5.74) is 3.92.